The summed E-state index contributed by atoms with van der Waals surface area (Å²) in [5.41, 5.74) is 15.6. The van der Waals surface area contributed by atoms with Gasteiger partial charge in [-0.25, -0.2) is 15.0 Å². The molecule has 0 fully saturated rings. The van der Waals surface area contributed by atoms with Crippen molar-refractivity contribution in [3.63, 3.8) is 0 Å². The normalized spacial score (nSPS) is 13.0. The average molecular weight is 784 g/mol. The summed E-state index contributed by atoms with van der Waals surface area (Å²) in [6, 6.07) is 67.5. The second kappa shape index (κ2) is 13.4. The van der Waals surface area contributed by atoms with E-state index in [1.807, 2.05) is 29.5 Å². The second-order valence-corrected chi connectivity index (χ2v) is 17.4. The van der Waals surface area contributed by atoms with Crippen molar-refractivity contribution in [3.05, 3.63) is 199 Å². The number of nitrogens with zero attached hydrogens (tertiary/aromatic N) is 3. The van der Waals surface area contributed by atoms with E-state index in [4.69, 9.17) is 15.0 Å². The molecule has 0 unspecified atom stereocenters. The number of aromatic nitrogens is 3. The van der Waals surface area contributed by atoms with E-state index in [0.29, 0.717) is 5.82 Å². The van der Waals surface area contributed by atoms with Crippen LogP contribution in [0.15, 0.2) is 188 Å². The third kappa shape index (κ3) is 5.45. The summed E-state index contributed by atoms with van der Waals surface area (Å²) in [5.74, 6) is 0.712. The standard InChI is InChI=1S/C56H37N3S/c1-56(2)45-19-11-9-17-40(45)43-32-39(25-28-46(43)56)49-33-48(58-55(59-49)37-15-7-4-8-16-37)35-23-21-34(22-24-35)38-26-29-47-44(31-38)52-42(54(57-47)36-13-5-3-6-14-36)27-30-51-53(52)41-18-10-12-20-50(41)60-51/h3-33H,1-2H3. The maximum absolute atomic E-state index is 5.33. The molecule has 0 saturated carbocycles. The molecule has 0 amide bonds. The van der Waals surface area contributed by atoms with Crippen LogP contribution in [0.4, 0.5) is 0 Å². The Balaban J connectivity index is 0.987. The quantitative estimate of drug-likeness (QED) is 0.163. The van der Waals surface area contributed by atoms with Crippen molar-refractivity contribution in [1.82, 2.24) is 15.0 Å². The molecule has 4 heteroatoms. The summed E-state index contributed by atoms with van der Waals surface area (Å²) in [6.45, 7) is 4.64. The Hall–Kier alpha value is -7.27. The van der Waals surface area contributed by atoms with Crippen molar-refractivity contribution >= 4 is 53.2 Å². The van der Waals surface area contributed by atoms with Crippen molar-refractivity contribution in [2.75, 3.05) is 0 Å². The zero-order chi connectivity index (χ0) is 40.0. The molecule has 0 saturated heterocycles. The Kier molecular flexibility index (Phi) is 7.75. The molecule has 0 spiro atoms. The van der Waals surface area contributed by atoms with Gasteiger partial charge in [-0.1, -0.05) is 166 Å². The Morgan fingerprint density at radius 2 is 1.03 bits per heavy atom. The number of hydrogen-bond acceptors (Lipinski definition) is 4. The zero-order valence-electron chi connectivity index (χ0n) is 33.1. The zero-order valence-corrected chi connectivity index (χ0v) is 34.0. The molecular weight excluding hydrogens is 747 g/mol. The lowest BCUT2D eigenvalue weighted by atomic mass is 9.82. The molecule has 1 aliphatic carbocycles. The SMILES string of the molecule is CC1(C)c2ccccc2-c2cc(-c3cc(-c4ccc(-c5ccc6nc(-c7ccccc7)c7ccc8sc9ccccc9c8c7c6c5)cc4)nc(-c4ccccc4)n3)ccc21. The molecule has 0 atom stereocenters. The third-order valence-corrected chi connectivity index (χ3v) is 13.6. The van der Waals surface area contributed by atoms with Gasteiger partial charge in [0.05, 0.1) is 22.6 Å². The average Bonchev–Trinajstić information content (AvgIpc) is 3.80. The second-order valence-electron chi connectivity index (χ2n) is 16.4. The fourth-order valence-corrected chi connectivity index (χ4v) is 10.6. The Bertz CT molecular complexity index is 3490. The summed E-state index contributed by atoms with van der Waals surface area (Å²) < 4.78 is 2.59. The molecule has 60 heavy (non-hydrogen) atoms. The highest BCUT2D eigenvalue weighted by Gasteiger charge is 2.35. The van der Waals surface area contributed by atoms with Gasteiger partial charge in [0.2, 0.25) is 0 Å². The monoisotopic (exact) mass is 783 g/mol. The van der Waals surface area contributed by atoms with Gasteiger partial charge in [-0.3, -0.25) is 0 Å². The molecule has 0 aliphatic heterocycles. The molecule has 0 radical (unpaired) electrons. The predicted octanol–water partition coefficient (Wildman–Crippen LogP) is 15.2. The van der Waals surface area contributed by atoms with E-state index in [0.717, 1.165) is 61.4 Å². The molecule has 11 aromatic rings. The van der Waals surface area contributed by atoms with Crippen molar-refractivity contribution in [3.8, 4) is 67.4 Å². The van der Waals surface area contributed by atoms with Crippen LogP contribution in [-0.2, 0) is 5.41 Å². The van der Waals surface area contributed by atoms with Gasteiger partial charge in [0.15, 0.2) is 5.82 Å². The fourth-order valence-electron chi connectivity index (χ4n) is 9.48. The van der Waals surface area contributed by atoms with Gasteiger partial charge in [0.25, 0.3) is 0 Å². The smallest absolute Gasteiger partial charge is 0.160 e. The van der Waals surface area contributed by atoms with Crippen LogP contribution < -0.4 is 0 Å². The van der Waals surface area contributed by atoms with E-state index in [-0.39, 0.29) is 5.41 Å². The lowest BCUT2D eigenvalue weighted by molar-refractivity contribution is 0.660. The molecule has 12 rings (SSSR count). The van der Waals surface area contributed by atoms with Gasteiger partial charge in [-0.15, -0.1) is 11.3 Å². The third-order valence-electron chi connectivity index (χ3n) is 12.5. The first-order valence-corrected chi connectivity index (χ1v) is 21.3. The number of benzene rings is 8. The first-order chi connectivity index (χ1) is 29.5. The number of hydrogen-bond donors (Lipinski definition) is 0. The van der Waals surface area contributed by atoms with Crippen LogP contribution in [-0.4, -0.2) is 15.0 Å². The molecule has 0 N–H and O–H groups in total. The molecule has 3 heterocycles. The summed E-state index contributed by atoms with van der Waals surface area (Å²) in [7, 11) is 0. The molecular formula is C56H37N3S. The highest BCUT2D eigenvalue weighted by Crippen LogP contribution is 2.50. The van der Waals surface area contributed by atoms with E-state index in [2.05, 4.69) is 184 Å². The number of rotatable bonds is 5. The highest BCUT2D eigenvalue weighted by atomic mass is 32.1. The minimum atomic E-state index is -0.0531. The van der Waals surface area contributed by atoms with Crippen LogP contribution in [0.25, 0.3) is 109 Å². The van der Waals surface area contributed by atoms with E-state index in [1.165, 1.54) is 53.2 Å². The fraction of sp³-hybridized carbons (Fsp3) is 0.0536. The van der Waals surface area contributed by atoms with E-state index in [9.17, 15) is 0 Å². The highest BCUT2D eigenvalue weighted by molar-refractivity contribution is 7.26. The van der Waals surface area contributed by atoms with Gasteiger partial charge in [0, 0.05) is 64.0 Å². The summed E-state index contributed by atoms with van der Waals surface area (Å²) >= 11 is 1.86. The molecule has 8 aromatic carbocycles. The number of fused-ring (bicyclic) bond motifs is 10. The van der Waals surface area contributed by atoms with Crippen molar-refractivity contribution in [2.45, 2.75) is 19.3 Å². The van der Waals surface area contributed by atoms with Crippen LogP contribution in [0.1, 0.15) is 25.0 Å². The Morgan fingerprint density at radius 1 is 0.383 bits per heavy atom. The van der Waals surface area contributed by atoms with Crippen LogP contribution in [0.2, 0.25) is 0 Å². The molecule has 282 valence electrons. The van der Waals surface area contributed by atoms with Crippen molar-refractivity contribution in [2.24, 2.45) is 0 Å². The Morgan fingerprint density at radius 3 is 1.85 bits per heavy atom. The molecule has 1 aliphatic rings. The first-order valence-electron chi connectivity index (χ1n) is 20.5. The van der Waals surface area contributed by atoms with Crippen molar-refractivity contribution < 1.29 is 0 Å². The van der Waals surface area contributed by atoms with E-state index < -0.39 is 0 Å². The minimum Gasteiger partial charge on any atom is -0.247 e. The number of thiophene rings is 1. The predicted molar refractivity (Wildman–Crippen MR) is 252 cm³/mol. The largest absolute Gasteiger partial charge is 0.247 e. The first kappa shape index (κ1) is 34.7. The maximum atomic E-state index is 5.33. The van der Waals surface area contributed by atoms with Crippen LogP contribution in [0.3, 0.4) is 0 Å². The Labute approximate surface area is 352 Å². The molecule has 3 nitrogen and oxygen atoms in total. The lowest BCUT2D eigenvalue weighted by Gasteiger charge is -2.21. The summed E-state index contributed by atoms with van der Waals surface area (Å²) in [6.07, 6.45) is 0. The molecule has 3 aromatic heterocycles. The van der Waals surface area contributed by atoms with Gasteiger partial charge >= 0.3 is 0 Å². The van der Waals surface area contributed by atoms with Crippen LogP contribution in [0, 0.1) is 0 Å². The number of pyridine rings is 1. The van der Waals surface area contributed by atoms with Gasteiger partial charge < -0.3 is 0 Å². The van der Waals surface area contributed by atoms with E-state index >= 15 is 0 Å². The summed E-state index contributed by atoms with van der Waals surface area (Å²) in [4.78, 5) is 15.7. The lowest BCUT2D eigenvalue weighted by Crippen LogP contribution is -2.14. The van der Waals surface area contributed by atoms with Crippen LogP contribution >= 0.6 is 11.3 Å². The van der Waals surface area contributed by atoms with Gasteiger partial charge in [-0.05, 0) is 69.8 Å². The van der Waals surface area contributed by atoms with E-state index in [1.54, 1.807) is 0 Å². The maximum Gasteiger partial charge on any atom is 0.160 e. The summed E-state index contributed by atoms with van der Waals surface area (Å²) in [5, 5.41) is 6.18. The topological polar surface area (TPSA) is 38.7 Å². The van der Waals surface area contributed by atoms with Crippen LogP contribution in [0.5, 0.6) is 0 Å². The minimum absolute atomic E-state index is 0.0531. The molecule has 0 bridgehead atoms. The van der Waals surface area contributed by atoms with Crippen molar-refractivity contribution in [1.29, 1.82) is 0 Å². The van der Waals surface area contributed by atoms with Gasteiger partial charge in [-0.2, -0.15) is 0 Å². The van der Waals surface area contributed by atoms with Gasteiger partial charge in [0.1, 0.15) is 0 Å².